The molecule has 0 spiro atoms. The molecule has 2 aromatic heterocycles. The molecule has 1 aliphatic rings. The van der Waals surface area contributed by atoms with E-state index in [9.17, 15) is 0 Å². The fourth-order valence-corrected chi connectivity index (χ4v) is 2.37. The highest BCUT2D eigenvalue weighted by molar-refractivity contribution is 5.53. The molecule has 106 valence electrons. The molecular weight excluding hydrogens is 250 g/mol. The van der Waals surface area contributed by atoms with Crippen molar-refractivity contribution in [1.29, 1.82) is 0 Å². The van der Waals surface area contributed by atoms with Crippen LogP contribution < -0.4 is 5.32 Å². The Bertz CT molecular complexity index is 586. The van der Waals surface area contributed by atoms with Gasteiger partial charge in [-0.05, 0) is 26.2 Å². The average Bonchev–Trinajstić information content (AvgIpc) is 3.20. The number of hydrogen-bond donors (Lipinski definition) is 1. The number of rotatable bonds is 6. The van der Waals surface area contributed by atoms with E-state index in [-0.39, 0.29) is 0 Å². The van der Waals surface area contributed by atoms with Gasteiger partial charge in [0.2, 0.25) is 0 Å². The number of hydrogen-bond acceptors (Lipinski definition) is 4. The molecule has 0 amide bonds. The van der Waals surface area contributed by atoms with E-state index in [4.69, 9.17) is 4.98 Å². The van der Waals surface area contributed by atoms with Gasteiger partial charge in [0.15, 0.2) is 5.82 Å². The molecule has 0 aliphatic heterocycles. The van der Waals surface area contributed by atoms with Crippen LogP contribution in [0.2, 0.25) is 0 Å². The fraction of sp³-hybridized carbons (Fsp3) is 0.533. The molecule has 2 heterocycles. The zero-order valence-electron chi connectivity index (χ0n) is 12.1. The van der Waals surface area contributed by atoms with Gasteiger partial charge >= 0.3 is 0 Å². The van der Waals surface area contributed by atoms with Gasteiger partial charge in [0, 0.05) is 30.8 Å². The molecule has 5 heteroatoms. The molecule has 0 unspecified atom stereocenters. The van der Waals surface area contributed by atoms with Gasteiger partial charge in [-0.2, -0.15) is 0 Å². The van der Waals surface area contributed by atoms with Crippen LogP contribution in [0.3, 0.4) is 0 Å². The fourth-order valence-electron chi connectivity index (χ4n) is 2.37. The van der Waals surface area contributed by atoms with E-state index in [1.54, 1.807) is 0 Å². The van der Waals surface area contributed by atoms with Crippen LogP contribution in [0.15, 0.2) is 18.6 Å². The second-order valence-corrected chi connectivity index (χ2v) is 5.28. The Kier molecular flexibility index (Phi) is 3.67. The van der Waals surface area contributed by atoms with E-state index >= 15 is 0 Å². The van der Waals surface area contributed by atoms with Gasteiger partial charge in [-0.1, -0.05) is 6.92 Å². The molecule has 5 nitrogen and oxygen atoms in total. The first-order valence-electron chi connectivity index (χ1n) is 7.45. The Hall–Kier alpha value is -1.91. The van der Waals surface area contributed by atoms with Crippen LogP contribution in [-0.2, 0) is 6.54 Å². The lowest BCUT2D eigenvalue weighted by Crippen LogP contribution is -2.06. The van der Waals surface area contributed by atoms with Crippen molar-refractivity contribution < 1.29 is 0 Å². The minimum atomic E-state index is 0.622. The van der Waals surface area contributed by atoms with E-state index in [1.807, 2.05) is 12.5 Å². The molecule has 3 rings (SSSR count). The monoisotopic (exact) mass is 271 g/mol. The summed E-state index contributed by atoms with van der Waals surface area (Å²) in [7, 11) is 0. The van der Waals surface area contributed by atoms with Crippen LogP contribution >= 0.6 is 0 Å². The first-order valence-corrected chi connectivity index (χ1v) is 7.45. The first kappa shape index (κ1) is 13.1. The number of nitrogens with zero attached hydrogens (tertiary/aromatic N) is 4. The minimum Gasteiger partial charge on any atom is -0.370 e. The van der Waals surface area contributed by atoms with Gasteiger partial charge in [-0.25, -0.2) is 15.0 Å². The molecule has 0 saturated heterocycles. The van der Waals surface area contributed by atoms with E-state index in [1.165, 1.54) is 12.8 Å². The summed E-state index contributed by atoms with van der Waals surface area (Å²) < 4.78 is 2.13. The molecule has 1 aliphatic carbocycles. The Labute approximate surface area is 119 Å². The molecule has 1 fully saturated rings. The van der Waals surface area contributed by atoms with Gasteiger partial charge in [0.05, 0.1) is 12.5 Å². The number of aryl methyl sites for hydroxylation is 1. The van der Waals surface area contributed by atoms with Crippen molar-refractivity contribution in [3.8, 4) is 11.5 Å². The van der Waals surface area contributed by atoms with E-state index in [0.717, 1.165) is 42.5 Å². The van der Waals surface area contributed by atoms with Crippen LogP contribution in [0.25, 0.3) is 11.5 Å². The summed E-state index contributed by atoms with van der Waals surface area (Å²) in [4.78, 5) is 13.6. The minimum absolute atomic E-state index is 0.622. The summed E-state index contributed by atoms with van der Waals surface area (Å²) in [5, 5.41) is 3.30. The number of imidazole rings is 1. The highest BCUT2D eigenvalue weighted by Crippen LogP contribution is 2.40. The third-order valence-corrected chi connectivity index (χ3v) is 3.51. The first-order chi connectivity index (χ1) is 9.81. The predicted octanol–water partition coefficient (Wildman–Crippen LogP) is 3.06. The van der Waals surface area contributed by atoms with Gasteiger partial charge in [-0.3, -0.25) is 0 Å². The SMILES string of the molecule is CCCn1cncc1-c1nc(NCC)cc(C2CC2)n1. The number of aromatic nitrogens is 4. The molecule has 2 aromatic rings. The lowest BCUT2D eigenvalue weighted by Gasteiger charge is -2.10. The zero-order chi connectivity index (χ0) is 13.9. The van der Waals surface area contributed by atoms with Crippen molar-refractivity contribution in [2.75, 3.05) is 11.9 Å². The largest absolute Gasteiger partial charge is 0.370 e. The van der Waals surface area contributed by atoms with Crippen molar-refractivity contribution in [3.63, 3.8) is 0 Å². The summed E-state index contributed by atoms with van der Waals surface area (Å²) in [6, 6.07) is 2.09. The Morgan fingerprint density at radius 3 is 2.85 bits per heavy atom. The Morgan fingerprint density at radius 1 is 1.30 bits per heavy atom. The van der Waals surface area contributed by atoms with E-state index in [0.29, 0.717) is 5.92 Å². The van der Waals surface area contributed by atoms with Crippen molar-refractivity contribution in [1.82, 2.24) is 19.5 Å². The highest BCUT2D eigenvalue weighted by atomic mass is 15.1. The lowest BCUT2D eigenvalue weighted by atomic mass is 10.2. The number of nitrogens with one attached hydrogen (secondary N) is 1. The lowest BCUT2D eigenvalue weighted by molar-refractivity contribution is 0.681. The topological polar surface area (TPSA) is 55.6 Å². The van der Waals surface area contributed by atoms with Crippen molar-refractivity contribution in [2.45, 2.75) is 45.6 Å². The van der Waals surface area contributed by atoms with E-state index < -0.39 is 0 Å². The summed E-state index contributed by atoms with van der Waals surface area (Å²) in [5.74, 6) is 2.33. The quantitative estimate of drug-likeness (QED) is 0.877. The smallest absolute Gasteiger partial charge is 0.180 e. The highest BCUT2D eigenvalue weighted by Gasteiger charge is 2.26. The summed E-state index contributed by atoms with van der Waals surface area (Å²) >= 11 is 0. The molecule has 0 radical (unpaired) electrons. The van der Waals surface area contributed by atoms with Gasteiger partial charge in [0.1, 0.15) is 11.5 Å². The van der Waals surface area contributed by atoms with Crippen molar-refractivity contribution in [3.05, 3.63) is 24.3 Å². The van der Waals surface area contributed by atoms with Gasteiger partial charge in [-0.15, -0.1) is 0 Å². The van der Waals surface area contributed by atoms with Crippen molar-refractivity contribution in [2.24, 2.45) is 0 Å². The van der Waals surface area contributed by atoms with E-state index in [2.05, 4.69) is 39.8 Å². The Balaban J connectivity index is 2.00. The second kappa shape index (κ2) is 5.61. The van der Waals surface area contributed by atoms with Crippen LogP contribution in [0.5, 0.6) is 0 Å². The van der Waals surface area contributed by atoms with Crippen LogP contribution in [0.1, 0.15) is 44.7 Å². The maximum atomic E-state index is 4.75. The van der Waals surface area contributed by atoms with Gasteiger partial charge < -0.3 is 9.88 Å². The molecule has 0 aromatic carbocycles. The normalized spacial score (nSPS) is 14.5. The van der Waals surface area contributed by atoms with Crippen molar-refractivity contribution >= 4 is 5.82 Å². The zero-order valence-corrected chi connectivity index (χ0v) is 12.1. The molecule has 1 saturated carbocycles. The van der Waals surface area contributed by atoms with Crippen LogP contribution in [0, 0.1) is 0 Å². The standard InChI is InChI=1S/C15H21N5/c1-3-7-20-10-16-9-13(20)15-18-12(11-5-6-11)8-14(19-15)17-4-2/h8-11H,3-7H2,1-2H3,(H,17,18,19). The second-order valence-electron chi connectivity index (χ2n) is 5.28. The molecule has 0 atom stereocenters. The van der Waals surface area contributed by atoms with Gasteiger partial charge in [0.25, 0.3) is 0 Å². The van der Waals surface area contributed by atoms with Crippen LogP contribution in [-0.4, -0.2) is 26.1 Å². The number of anilines is 1. The third kappa shape index (κ3) is 2.66. The summed E-state index contributed by atoms with van der Waals surface area (Å²) in [6.45, 7) is 6.06. The predicted molar refractivity (Wildman–Crippen MR) is 79.7 cm³/mol. The average molecular weight is 271 g/mol. The molecule has 0 bridgehead atoms. The molecule has 1 N–H and O–H groups in total. The summed E-state index contributed by atoms with van der Waals surface area (Å²) in [5.41, 5.74) is 2.17. The maximum Gasteiger partial charge on any atom is 0.180 e. The maximum absolute atomic E-state index is 4.75. The summed E-state index contributed by atoms with van der Waals surface area (Å²) in [6.07, 6.45) is 7.29. The molecular formula is C15H21N5. The van der Waals surface area contributed by atoms with Crippen LogP contribution in [0.4, 0.5) is 5.82 Å². The third-order valence-electron chi connectivity index (χ3n) is 3.51. The Morgan fingerprint density at radius 2 is 2.15 bits per heavy atom. The molecule has 20 heavy (non-hydrogen) atoms.